The van der Waals surface area contributed by atoms with Gasteiger partial charge in [-0.2, -0.15) is 0 Å². The van der Waals surface area contributed by atoms with Crippen LogP contribution in [0.4, 0.5) is 4.79 Å². The quantitative estimate of drug-likeness (QED) is 0.662. The van der Waals surface area contributed by atoms with E-state index >= 15 is 0 Å². The van der Waals surface area contributed by atoms with Crippen molar-refractivity contribution in [2.45, 2.75) is 45.3 Å². The molecule has 1 aliphatic rings. The van der Waals surface area contributed by atoms with Crippen LogP contribution in [0.15, 0.2) is 48.8 Å². The van der Waals surface area contributed by atoms with Crippen molar-refractivity contribution in [3.63, 3.8) is 0 Å². The zero-order valence-electron chi connectivity index (χ0n) is 17.1. The lowest BCUT2D eigenvalue weighted by Gasteiger charge is -2.27. The molecular weight excluding hydrogens is 400 g/mol. The van der Waals surface area contributed by atoms with Crippen LogP contribution >= 0.6 is 11.6 Å². The van der Waals surface area contributed by atoms with Crippen LogP contribution in [0.2, 0.25) is 5.02 Å². The molecule has 1 fully saturated rings. The van der Waals surface area contributed by atoms with Gasteiger partial charge in [-0.05, 0) is 56.0 Å². The number of aryl methyl sites for hydroxylation is 1. The molecule has 156 valence electrons. The molecule has 8 heteroatoms. The fourth-order valence-electron chi connectivity index (χ4n) is 3.87. The van der Waals surface area contributed by atoms with Crippen LogP contribution in [0.1, 0.15) is 54.6 Å². The van der Waals surface area contributed by atoms with E-state index in [1.54, 1.807) is 12.4 Å². The molecule has 0 aliphatic carbocycles. The number of halogens is 1. The second-order valence-corrected chi connectivity index (χ2v) is 8.06. The average molecular weight is 425 g/mol. The lowest BCUT2D eigenvalue weighted by Crippen LogP contribution is -2.41. The van der Waals surface area contributed by atoms with E-state index in [4.69, 9.17) is 11.6 Å². The zero-order valence-corrected chi connectivity index (χ0v) is 17.9. The highest BCUT2D eigenvalue weighted by Gasteiger charge is 2.34. The highest BCUT2D eigenvalue weighted by atomic mass is 35.5. The van der Waals surface area contributed by atoms with Gasteiger partial charge in [0.25, 0.3) is 0 Å². The first-order valence-corrected chi connectivity index (χ1v) is 10.5. The zero-order chi connectivity index (χ0) is 21.1. The maximum Gasteiger partial charge on any atom is 0.318 e. The summed E-state index contributed by atoms with van der Waals surface area (Å²) < 4.78 is 2.09. The van der Waals surface area contributed by atoms with E-state index in [1.807, 2.05) is 55.1 Å². The molecule has 2 atom stereocenters. The third-order valence-corrected chi connectivity index (χ3v) is 5.81. The number of nitrogens with zero attached hydrogens (tertiary/aromatic N) is 5. The Bertz CT molecular complexity index is 1000. The van der Waals surface area contributed by atoms with Crippen LogP contribution in [0.3, 0.4) is 0 Å². The Labute approximate surface area is 181 Å². The summed E-state index contributed by atoms with van der Waals surface area (Å²) >= 11 is 6.01. The first kappa shape index (κ1) is 20.3. The van der Waals surface area contributed by atoms with Gasteiger partial charge in [-0.25, -0.2) is 4.79 Å². The number of rotatable bonds is 5. The summed E-state index contributed by atoms with van der Waals surface area (Å²) in [5.74, 6) is 1.65. The number of likely N-dealkylation sites (tertiary alicyclic amines) is 1. The van der Waals surface area contributed by atoms with Crippen molar-refractivity contribution in [3.8, 4) is 0 Å². The molecule has 3 heterocycles. The molecule has 2 amide bonds. The van der Waals surface area contributed by atoms with Gasteiger partial charge >= 0.3 is 6.03 Å². The fourth-order valence-corrected chi connectivity index (χ4v) is 4.00. The SMILES string of the molecule is Cc1nnc([C@H]2CCCN2C(=O)N[C@H](C)c2cccnc2)n1Cc1ccc(Cl)cc1. The summed E-state index contributed by atoms with van der Waals surface area (Å²) in [4.78, 5) is 19.1. The highest BCUT2D eigenvalue weighted by Crippen LogP contribution is 2.32. The van der Waals surface area contributed by atoms with Crippen molar-refractivity contribution in [2.24, 2.45) is 0 Å². The van der Waals surface area contributed by atoms with E-state index in [0.29, 0.717) is 18.1 Å². The molecule has 0 radical (unpaired) electrons. The fraction of sp³-hybridized carbons (Fsp3) is 0.364. The van der Waals surface area contributed by atoms with Crippen molar-refractivity contribution in [3.05, 3.63) is 76.6 Å². The molecule has 1 N–H and O–H groups in total. The predicted octanol–water partition coefficient (Wildman–Crippen LogP) is 4.29. The summed E-state index contributed by atoms with van der Waals surface area (Å²) in [5.41, 5.74) is 2.09. The largest absolute Gasteiger partial charge is 0.331 e. The lowest BCUT2D eigenvalue weighted by atomic mass is 10.1. The maximum absolute atomic E-state index is 13.0. The van der Waals surface area contributed by atoms with Gasteiger partial charge < -0.3 is 14.8 Å². The molecule has 1 saturated heterocycles. The molecule has 4 rings (SSSR count). The normalized spacial score (nSPS) is 17.2. The number of benzene rings is 1. The molecule has 0 unspecified atom stereocenters. The van der Waals surface area contributed by atoms with Gasteiger partial charge in [0.15, 0.2) is 5.82 Å². The summed E-state index contributed by atoms with van der Waals surface area (Å²) in [6.45, 7) is 5.25. The monoisotopic (exact) mass is 424 g/mol. The summed E-state index contributed by atoms with van der Waals surface area (Å²) in [6, 6.07) is 11.3. The molecule has 2 aromatic heterocycles. The van der Waals surface area contributed by atoms with Crippen molar-refractivity contribution < 1.29 is 4.79 Å². The van der Waals surface area contributed by atoms with Gasteiger partial charge in [-0.1, -0.05) is 29.8 Å². The molecule has 0 spiro atoms. The number of urea groups is 1. The second-order valence-electron chi connectivity index (χ2n) is 7.63. The Morgan fingerprint density at radius 1 is 1.27 bits per heavy atom. The smallest absolute Gasteiger partial charge is 0.318 e. The second kappa shape index (κ2) is 8.83. The number of carbonyl (C=O) groups excluding carboxylic acids is 1. The molecule has 30 heavy (non-hydrogen) atoms. The number of carbonyl (C=O) groups is 1. The van der Waals surface area contributed by atoms with Gasteiger partial charge in [0.2, 0.25) is 0 Å². The number of amides is 2. The topological polar surface area (TPSA) is 75.9 Å². The van der Waals surface area contributed by atoms with Crippen molar-refractivity contribution in [1.29, 1.82) is 0 Å². The summed E-state index contributed by atoms with van der Waals surface area (Å²) in [6.07, 6.45) is 5.31. The minimum Gasteiger partial charge on any atom is -0.331 e. The van der Waals surface area contributed by atoms with E-state index in [0.717, 1.165) is 35.6 Å². The Morgan fingerprint density at radius 2 is 2.07 bits per heavy atom. The minimum absolute atomic E-state index is 0.0902. The van der Waals surface area contributed by atoms with Crippen molar-refractivity contribution in [2.75, 3.05) is 6.54 Å². The van der Waals surface area contributed by atoms with Crippen LogP contribution < -0.4 is 5.32 Å². The number of pyridine rings is 1. The molecule has 1 aliphatic heterocycles. The molecule has 0 bridgehead atoms. The van der Waals surface area contributed by atoms with E-state index in [-0.39, 0.29) is 18.1 Å². The molecule has 7 nitrogen and oxygen atoms in total. The first-order chi connectivity index (χ1) is 14.5. The first-order valence-electron chi connectivity index (χ1n) is 10.1. The molecule has 0 saturated carbocycles. The van der Waals surface area contributed by atoms with Crippen molar-refractivity contribution in [1.82, 2.24) is 30.0 Å². The van der Waals surface area contributed by atoms with Crippen LogP contribution in [0, 0.1) is 6.92 Å². The maximum atomic E-state index is 13.0. The summed E-state index contributed by atoms with van der Waals surface area (Å²) in [7, 11) is 0. The average Bonchev–Trinajstić information content (AvgIpc) is 3.37. The Balaban J connectivity index is 1.52. The van der Waals surface area contributed by atoms with Gasteiger partial charge in [0, 0.05) is 24.0 Å². The molecule has 3 aromatic rings. The number of aromatic nitrogens is 4. The number of hydrogen-bond acceptors (Lipinski definition) is 4. The van der Waals surface area contributed by atoms with Crippen molar-refractivity contribution >= 4 is 17.6 Å². The number of hydrogen-bond donors (Lipinski definition) is 1. The van der Waals surface area contributed by atoms with Crippen LogP contribution in [-0.2, 0) is 6.54 Å². The van der Waals surface area contributed by atoms with Crippen LogP contribution in [0.25, 0.3) is 0 Å². The minimum atomic E-state index is -0.124. The Kier molecular flexibility index (Phi) is 5.99. The highest BCUT2D eigenvalue weighted by molar-refractivity contribution is 6.30. The molecular formula is C22H25ClN6O. The Hall–Kier alpha value is -2.93. The third-order valence-electron chi connectivity index (χ3n) is 5.55. The van der Waals surface area contributed by atoms with Crippen LogP contribution in [-0.4, -0.2) is 37.2 Å². The number of nitrogens with one attached hydrogen (secondary N) is 1. The molecule has 1 aromatic carbocycles. The van der Waals surface area contributed by atoms with Gasteiger partial charge in [-0.3, -0.25) is 4.98 Å². The van der Waals surface area contributed by atoms with Gasteiger partial charge in [0.05, 0.1) is 18.6 Å². The standard InChI is InChI=1S/C22H25ClN6O/c1-15(18-5-3-11-24-13-18)25-22(30)28-12-4-6-20(28)21-27-26-16(2)29(21)14-17-7-9-19(23)10-8-17/h3,5,7-11,13,15,20H,4,6,12,14H2,1-2H3,(H,25,30)/t15-,20-/m1/s1. The Morgan fingerprint density at radius 3 is 2.80 bits per heavy atom. The third kappa shape index (κ3) is 4.31. The van der Waals surface area contributed by atoms with Gasteiger partial charge in [-0.15, -0.1) is 10.2 Å². The predicted molar refractivity (Wildman–Crippen MR) is 115 cm³/mol. The van der Waals surface area contributed by atoms with E-state index < -0.39 is 0 Å². The van der Waals surface area contributed by atoms with E-state index in [9.17, 15) is 4.79 Å². The van der Waals surface area contributed by atoms with E-state index in [1.165, 1.54) is 0 Å². The van der Waals surface area contributed by atoms with Crippen LogP contribution in [0.5, 0.6) is 0 Å². The van der Waals surface area contributed by atoms with Gasteiger partial charge in [0.1, 0.15) is 5.82 Å². The lowest BCUT2D eigenvalue weighted by molar-refractivity contribution is 0.186. The van der Waals surface area contributed by atoms with E-state index in [2.05, 4.69) is 25.1 Å². The summed E-state index contributed by atoms with van der Waals surface area (Å²) in [5, 5.41) is 12.5.